The molecule has 21 heavy (non-hydrogen) atoms. The molecule has 0 aromatic heterocycles. The van der Waals surface area contributed by atoms with Crippen LogP contribution in [-0.4, -0.2) is 35.5 Å². The minimum absolute atomic E-state index is 0.0804. The Labute approximate surface area is 123 Å². The second-order valence-corrected chi connectivity index (χ2v) is 5.01. The largest absolute Gasteiger partial charge is 0.380 e. The highest BCUT2D eigenvalue weighted by atomic mass is 16.6. The zero-order chi connectivity index (χ0) is 15.2. The van der Waals surface area contributed by atoms with Crippen LogP contribution in [0, 0.1) is 10.1 Å². The van der Waals surface area contributed by atoms with E-state index in [9.17, 15) is 14.9 Å². The molecule has 114 valence electrons. The summed E-state index contributed by atoms with van der Waals surface area (Å²) in [6.07, 6.45) is 3.29. The maximum atomic E-state index is 12.2. The first kappa shape index (κ1) is 15.2. The summed E-state index contributed by atoms with van der Waals surface area (Å²) >= 11 is 0. The fraction of sp³-hybridized carbons (Fsp3) is 0.500. The molecule has 1 saturated heterocycles. The van der Waals surface area contributed by atoms with Gasteiger partial charge in [0.05, 0.1) is 4.92 Å². The number of rotatable bonds is 5. The number of hydrogen-bond acceptors (Lipinski definition) is 5. The first-order valence-electron chi connectivity index (χ1n) is 7.20. The van der Waals surface area contributed by atoms with Crippen LogP contribution in [0.3, 0.4) is 0 Å². The Bertz CT molecular complexity index is 527. The molecule has 0 spiro atoms. The zero-order valence-electron chi connectivity index (χ0n) is 12.1. The van der Waals surface area contributed by atoms with Gasteiger partial charge in [-0.15, -0.1) is 0 Å². The molecular weight excluding hydrogens is 272 g/mol. The molecule has 0 atom stereocenters. The monoisotopic (exact) mass is 292 g/mol. The van der Waals surface area contributed by atoms with Gasteiger partial charge in [0, 0.05) is 31.3 Å². The van der Waals surface area contributed by atoms with Crippen molar-refractivity contribution < 1.29 is 9.72 Å². The van der Waals surface area contributed by atoms with Crippen molar-refractivity contribution in [2.24, 2.45) is 0 Å². The lowest BCUT2D eigenvalue weighted by atomic mass is 10.1. The number of hydrazine groups is 1. The molecule has 1 amide bonds. The van der Waals surface area contributed by atoms with Crippen molar-refractivity contribution >= 4 is 17.3 Å². The third-order valence-corrected chi connectivity index (χ3v) is 3.44. The number of nitrogens with one attached hydrogen (secondary N) is 2. The van der Waals surface area contributed by atoms with Crippen molar-refractivity contribution in [2.45, 2.75) is 26.2 Å². The molecule has 0 aliphatic carbocycles. The Morgan fingerprint density at radius 2 is 2.05 bits per heavy atom. The smallest absolute Gasteiger partial charge is 0.293 e. The standard InChI is InChI=1S/C14H20N4O3/c1-2-15-12-7-6-11(10-13(12)18(20)21)14(19)16-17-8-4-3-5-9-17/h6-7,10,15H,2-5,8-9H2,1H3,(H,16,19). The van der Waals surface area contributed by atoms with Crippen LogP contribution in [0.5, 0.6) is 0 Å². The Kier molecular flexibility index (Phi) is 5.10. The number of piperidine rings is 1. The average Bonchev–Trinajstić information content (AvgIpc) is 2.48. The van der Waals surface area contributed by atoms with Crippen LogP contribution < -0.4 is 10.7 Å². The summed E-state index contributed by atoms with van der Waals surface area (Å²) in [5.41, 5.74) is 3.45. The number of carbonyl (C=O) groups is 1. The molecule has 1 aliphatic heterocycles. The zero-order valence-corrected chi connectivity index (χ0v) is 12.1. The first-order chi connectivity index (χ1) is 10.1. The van der Waals surface area contributed by atoms with Gasteiger partial charge in [0.1, 0.15) is 5.69 Å². The van der Waals surface area contributed by atoms with E-state index in [-0.39, 0.29) is 11.6 Å². The van der Waals surface area contributed by atoms with E-state index in [4.69, 9.17) is 0 Å². The number of benzene rings is 1. The summed E-state index contributed by atoms with van der Waals surface area (Å²) in [7, 11) is 0. The van der Waals surface area contributed by atoms with Crippen molar-refractivity contribution in [2.75, 3.05) is 25.0 Å². The Morgan fingerprint density at radius 3 is 2.67 bits per heavy atom. The number of amides is 1. The SMILES string of the molecule is CCNc1ccc(C(=O)NN2CCCCC2)cc1[N+](=O)[O-]. The van der Waals surface area contributed by atoms with Gasteiger partial charge in [0.25, 0.3) is 11.6 Å². The molecule has 7 nitrogen and oxygen atoms in total. The van der Waals surface area contributed by atoms with E-state index in [2.05, 4.69) is 10.7 Å². The van der Waals surface area contributed by atoms with E-state index in [1.165, 1.54) is 12.5 Å². The molecule has 2 N–H and O–H groups in total. The molecule has 7 heteroatoms. The van der Waals surface area contributed by atoms with Crippen LogP contribution >= 0.6 is 0 Å². The predicted molar refractivity (Wildman–Crippen MR) is 80.2 cm³/mol. The molecule has 1 aromatic carbocycles. The Hall–Kier alpha value is -2.15. The van der Waals surface area contributed by atoms with Crippen LogP contribution in [0.2, 0.25) is 0 Å². The molecule has 0 unspecified atom stereocenters. The van der Waals surface area contributed by atoms with Gasteiger partial charge in [0.15, 0.2) is 0 Å². The number of anilines is 1. The number of hydrogen-bond donors (Lipinski definition) is 2. The van der Waals surface area contributed by atoms with Crippen LogP contribution in [0.25, 0.3) is 0 Å². The summed E-state index contributed by atoms with van der Waals surface area (Å²) in [5.74, 6) is -0.303. The van der Waals surface area contributed by atoms with E-state index >= 15 is 0 Å². The third kappa shape index (κ3) is 3.91. The highest BCUT2D eigenvalue weighted by Gasteiger charge is 2.19. The molecule has 1 fully saturated rings. The van der Waals surface area contributed by atoms with E-state index in [1.54, 1.807) is 12.1 Å². The number of carbonyl (C=O) groups excluding carboxylic acids is 1. The first-order valence-corrected chi connectivity index (χ1v) is 7.20. The topological polar surface area (TPSA) is 87.5 Å². The van der Waals surface area contributed by atoms with Gasteiger partial charge < -0.3 is 5.32 Å². The summed E-state index contributed by atoms with van der Waals surface area (Å²) in [6, 6.07) is 4.49. The molecule has 1 aliphatic rings. The van der Waals surface area contributed by atoms with Gasteiger partial charge in [-0.25, -0.2) is 5.01 Å². The number of nitrogens with zero attached hydrogens (tertiary/aromatic N) is 2. The third-order valence-electron chi connectivity index (χ3n) is 3.44. The van der Waals surface area contributed by atoms with Gasteiger partial charge in [-0.1, -0.05) is 6.42 Å². The molecule has 0 saturated carbocycles. The Morgan fingerprint density at radius 1 is 1.33 bits per heavy atom. The highest BCUT2D eigenvalue weighted by molar-refractivity contribution is 5.95. The predicted octanol–water partition coefficient (Wildman–Crippen LogP) is 2.16. The lowest BCUT2D eigenvalue weighted by Gasteiger charge is -2.26. The Balaban J connectivity index is 2.13. The minimum atomic E-state index is -0.477. The van der Waals surface area contributed by atoms with Gasteiger partial charge in [-0.2, -0.15) is 0 Å². The van der Waals surface area contributed by atoms with Gasteiger partial charge in [-0.3, -0.25) is 20.3 Å². The summed E-state index contributed by atoms with van der Waals surface area (Å²) < 4.78 is 0. The summed E-state index contributed by atoms with van der Waals surface area (Å²) in [5, 5.41) is 15.9. The minimum Gasteiger partial charge on any atom is -0.380 e. The maximum absolute atomic E-state index is 12.2. The second kappa shape index (κ2) is 7.03. The van der Waals surface area contributed by atoms with E-state index < -0.39 is 4.92 Å². The fourth-order valence-corrected chi connectivity index (χ4v) is 2.38. The lowest BCUT2D eigenvalue weighted by molar-refractivity contribution is -0.384. The van der Waals surface area contributed by atoms with Crippen molar-refractivity contribution in [3.8, 4) is 0 Å². The normalized spacial score (nSPS) is 15.5. The number of nitro groups is 1. The van der Waals surface area contributed by atoms with Crippen molar-refractivity contribution in [3.05, 3.63) is 33.9 Å². The highest BCUT2D eigenvalue weighted by Crippen LogP contribution is 2.25. The van der Waals surface area contributed by atoms with Crippen LogP contribution in [0.15, 0.2) is 18.2 Å². The maximum Gasteiger partial charge on any atom is 0.293 e. The van der Waals surface area contributed by atoms with Crippen LogP contribution in [-0.2, 0) is 0 Å². The van der Waals surface area contributed by atoms with Gasteiger partial charge in [0.2, 0.25) is 0 Å². The molecule has 1 aromatic rings. The number of nitro benzene ring substituents is 1. The van der Waals surface area contributed by atoms with E-state index in [1.807, 2.05) is 11.9 Å². The van der Waals surface area contributed by atoms with E-state index in [0.29, 0.717) is 17.8 Å². The van der Waals surface area contributed by atoms with Crippen molar-refractivity contribution in [3.63, 3.8) is 0 Å². The van der Waals surface area contributed by atoms with Crippen LogP contribution in [0.4, 0.5) is 11.4 Å². The molecule has 0 radical (unpaired) electrons. The van der Waals surface area contributed by atoms with E-state index in [0.717, 1.165) is 25.9 Å². The summed E-state index contributed by atoms with van der Waals surface area (Å²) in [4.78, 5) is 22.8. The van der Waals surface area contributed by atoms with Gasteiger partial charge in [-0.05, 0) is 31.9 Å². The average molecular weight is 292 g/mol. The van der Waals surface area contributed by atoms with Crippen molar-refractivity contribution in [1.29, 1.82) is 0 Å². The van der Waals surface area contributed by atoms with Gasteiger partial charge >= 0.3 is 0 Å². The molecule has 0 bridgehead atoms. The summed E-state index contributed by atoms with van der Waals surface area (Å²) in [6.45, 7) is 4.09. The quantitative estimate of drug-likeness (QED) is 0.641. The molecule has 1 heterocycles. The second-order valence-electron chi connectivity index (χ2n) is 5.01. The lowest BCUT2D eigenvalue weighted by Crippen LogP contribution is -2.45. The van der Waals surface area contributed by atoms with Crippen molar-refractivity contribution in [1.82, 2.24) is 10.4 Å². The molecule has 2 rings (SSSR count). The van der Waals surface area contributed by atoms with Crippen LogP contribution in [0.1, 0.15) is 36.5 Å². The molecular formula is C14H20N4O3. The fourth-order valence-electron chi connectivity index (χ4n) is 2.38.